The Hall–Kier alpha value is -1.91. The summed E-state index contributed by atoms with van der Waals surface area (Å²) in [5.41, 5.74) is 1.32. The van der Waals surface area contributed by atoms with Crippen molar-refractivity contribution in [3.8, 4) is 0 Å². The molecule has 1 saturated heterocycles. The average Bonchev–Trinajstić information content (AvgIpc) is 2.69. The molecule has 4 atom stereocenters. The van der Waals surface area contributed by atoms with E-state index in [-0.39, 0.29) is 29.7 Å². The molecule has 0 saturated carbocycles. The summed E-state index contributed by atoms with van der Waals surface area (Å²) in [6.07, 6.45) is 2.16. The molecule has 1 heterocycles. The molecule has 120 valence electrons. The van der Waals surface area contributed by atoms with Gasteiger partial charge in [0, 0.05) is 24.8 Å². The van der Waals surface area contributed by atoms with E-state index < -0.39 is 12.1 Å². The molecule has 0 bridgehead atoms. The standard InChI is InChI=1S/C17H22O5/c1-9-5-6-14(19)11(3)15(21-12(4)18)8-13-10(2)17(20)22-16(13)7-9/h7,10,13,15-16H,3,5-6,8H2,1-2,4H3/b9-7-/t10-,13-,15-,16+/m0/s1. The van der Waals surface area contributed by atoms with E-state index in [1.54, 1.807) is 6.92 Å². The summed E-state index contributed by atoms with van der Waals surface area (Å²) in [6.45, 7) is 8.85. The highest BCUT2D eigenvalue weighted by molar-refractivity contribution is 5.96. The Balaban J connectivity index is 2.34. The molecule has 1 aliphatic heterocycles. The predicted octanol–water partition coefficient (Wildman–Crippen LogP) is 2.35. The second-order valence-electron chi connectivity index (χ2n) is 6.15. The number of hydrogen-bond acceptors (Lipinski definition) is 5. The number of rotatable bonds is 1. The molecule has 0 aromatic rings. The maximum atomic E-state index is 12.2. The van der Waals surface area contributed by atoms with Gasteiger partial charge in [-0.1, -0.05) is 19.1 Å². The summed E-state index contributed by atoms with van der Waals surface area (Å²) in [6, 6.07) is 0. The SMILES string of the molecule is C=C1C(=O)CC/C(C)=C\[C@H]2OC(=O)[C@@H](C)[C@@H]2C[C@@H]1OC(C)=O. The first-order valence-electron chi connectivity index (χ1n) is 7.56. The minimum Gasteiger partial charge on any atom is -0.458 e. The van der Waals surface area contributed by atoms with Gasteiger partial charge in [0.2, 0.25) is 0 Å². The molecule has 1 aliphatic carbocycles. The molecule has 0 radical (unpaired) electrons. The molecule has 0 amide bonds. The number of ketones is 1. The van der Waals surface area contributed by atoms with Crippen LogP contribution in [0, 0.1) is 11.8 Å². The molecule has 1 fully saturated rings. The zero-order valence-electron chi connectivity index (χ0n) is 13.3. The summed E-state index contributed by atoms with van der Waals surface area (Å²) in [5, 5.41) is 0. The van der Waals surface area contributed by atoms with Crippen molar-refractivity contribution in [1.82, 2.24) is 0 Å². The van der Waals surface area contributed by atoms with Crippen LogP contribution in [0.5, 0.6) is 0 Å². The van der Waals surface area contributed by atoms with E-state index in [0.29, 0.717) is 24.8 Å². The Morgan fingerprint density at radius 1 is 1.36 bits per heavy atom. The van der Waals surface area contributed by atoms with Crippen LogP contribution in [0.4, 0.5) is 0 Å². The molecular formula is C17H22O5. The van der Waals surface area contributed by atoms with Crippen molar-refractivity contribution in [2.75, 3.05) is 0 Å². The van der Waals surface area contributed by atoms with Gasteiger partial charge in [0.05, 0.1) is 5.92 Å². The van der Waals surface area contributed by atoms with Gasteiger partial charge >= 0.3 is 11.9 Å². The van der Waals surface area contributed by atoms with E-state index in [4.69, 9.17) is 9.47 Å². The summed E-state index contributed by atoms with van der Waals surface area (Å²) in [4.78, 5) is 35.4. The molecule has 0 spiro atoms. The predicted molar refractivity (Wildman–Crippen MR) is 79.8 cm³/mol. The van der Waals surface area contributed by atoms with Crippen molar-refractivity contribution in [2.45, 2.75) is 52.2 Å². The Bertz CT molecular complexity index is 545. The quantitative estimate of drug-likeness (QED) is 0.422. The number of fused-ring (bicyclic) bond motifs is 1. The van der Waals surface area contributed by atoms with E-state index in [9.17, 15) is 14.4 Å². The van der Waals surface area contributed by atoms with Gasteiger partial charge in [-0.25, -0.2) is 0 Å². The van der Waals surface area contributed by atoms with Crippen molar-refractivity contribution in [3.63, 3.8) is 0 Å². The van der Waals surface area contributed by atoms with Gasteiger partial charge < -0.3 is 9.47 Å². The summed E-state index contributed by atoms with van der Waals surface area (Å²) in [7, 11) is 0. The monoisotopic (exact) mass is 306 g/mol. The average molecular weight is 306 g/mol. The normalized spacial score (nSPS) is 35.2. The van der Waals surface area contributed by atoms with Crippen molar-refractivity contribution in [1.29, 1.82) is 0 Å². The lowest BCUT2D eigenvalue weighted by Gasteiger charge is -2.26. The van der Waals surface area contributed by atoms with Gasteiger partial charge in [-0.2, -0.15) is 0 Å². The van der Waals surface area contributed by atoms with E-state index in [2.05, 4.69) is 6.58 Å². The van der Waals surface area contributed by atoms with E-state index >= 15 is 0 Å². The van der Waals surface area contributed by atoms with Gasteiger partial charge in [0.15, 0.2) is 5.78 Å². The van der Waals surface area contributed by atoms with Crippen LogP contribution < -0.4 is 0 Å². The van der Waals surface area contributed by atoms with Crippen LogP contribution in [0.25, 0.3) is 0 Å². The van der Waals surface area contributed by atoms with E-state index in [1.807, 2.05) is 13.0 Å². The van der Waals surface area contributed by atoms with Gasteiger partial charge in [0.25, 0.3) is 0 Å². The van der Waals surface area contributed by atoms with Gasteiger partial charge in [-0.3, -0.25) is 14.4 Å². The molecule has 22 heavy (non-hydrogen) atoms. The molecule has 5 nitrogen and oxygen atoms in total. The third-order valence-corrected chi connectivity index (χ3v) is 4.42. The zero-order chi connectivity index (χ0) is 16.4. The lowest BCUT2D eigenvalue weighted by molar-refractivity contribution is -0.146. The Morgan fingerprint density at radius 3 is 2.68 bits per heavy atom. The number of Topliss-reactive ketones (excluding diaryl/α,β-unsaturated/α-hetero) is 1. The van der Waals surface area contributed by atoms with Crippen LogP contribution in [0.1, 0.15) is 40.0 Å². The van der Waals surface area contributed by atoms with Gasteiger partial charge in [-0.15, -0.1) is 0 Å². The summed E-state index contributed by atoms with van der Waals surface area (Å²) < 4.78 is 10.7. The Kier molecular flexibility index (Phi) is 4.84. The number of carbonyl (C=O) groups is 3. The number of hydrogen-bond donors (Lipinski definition) is 0. The highest BCUT2D eigenvalue weighted by atomic mass is 16.6. The second kappa shape index (κ2) is 6.46. The fraction of sp³-hybridized carbons (Fsp3) is 0.588. The summed E-state index contributed by atoms with van der Waals surface area (Å²) in [5.74, 6) is -1.24. The van der Waals surface area contributed by atoms with Crippen LogP contribution in [0.2, 0.25) is 0 Å². The number of carbonyl (C=O) groups excluding carboxylic acids is 3. The van der Waals surface area contributed by atoms with Crippen molar-refractivity contribution >= 4 is 17.7 Å². The van der Waals surface area contributed by atoms with Crippen LogP contribution >= 0.6 is 0 Å². The molecule has 0 aromatic heterocycles. The van der Waals surface area contributed by atoms with Crippen LogP contribution in [0.15, 0.2) is 23.8 Å². The lowest BCUT2D eigenvalue weighted by Crippen LogP contribution is -2.31. The Morgan fingerprint density at radius 2 is 2.05 bits per heavy atom. The number of esters is 2. The molecule has 2 rings (SSSR count). The number of allylic oxidation sites excluding steroid dienone is 1. The minimum absolute atomic E-state index is 0.102. The summed E-state index contributed by atoms with van der Waals surface area (Å²) >= 11 is 0. The topological polar surface area (TPSA) is 69.7 Å². The highest BCUT2D eigenvalue weighted by Crippen LogP contribution is 2.36. The largest absolute Gasteiger partial charge is 0.458 e. The number of ether oxygens (including phenoxy) is 2. The first-order valence-corrected chi connectivity index (χ1v) is 7.56. The molecule has 0 aromatic carbocycles. The molecule has 5 heteroatoms. The van der Waals surface area contributed by atoms with Gasteiger partial charge in [-0.05, 0) is 25.8 Å². The van der Waals surface area contributed by atoms with Gasteiger partial charge in [0.1, 0.15) is 12.2 Å². The molecule has 0 N–H and O–H groups in total. The fourth-order valence-corrected chi connectivity index (χ4v) is 3.01. The molecular weight excluding hydrogens is 284 g/mol. The minimum atomic E-state index is -0.693. The second-order valence-corrected chi connectivity index (χ2v) is 6.15. The first kappa shape index (κ1) is 16.5. The zero-order valence-corrected chi connectivity index (χ0v) is 13.3. The molecule has 0 unspecified atom stereocenters. The highest BCUT2D eigenvalue weighted by Gasteiger charge is 2.43. The van der Waals surface area contributed by atoms with Crippen molar-refractivity contribution in [3.05, 3.63) is 23.8 Å². The fourth-order valence-electron chi connectivity index (χ4n) is 3.01. The first-order chi connectivity index (χ1) is 10.3. The van der Waals surface area contributed by atoms with E-state index in [0.717, 1.165) is 5.57 Å². The third-order valence-electron chi connectivity index (χ3n) is 4.42. The van der Waals surface area contributed by atoms with Crippen molar-refractivity contribution < 1.29 is 23.9 Å². The maximum Gasteiger partial charge on any atom is 0.309 e. The van der Waals surface area contributed by atoms with Crippen LogP contribution in [-0.4, -0.2) is 29.9 Å². The molecule has 2 aliphatic rings. The maximum absolute atomic E-state index is 12.2. The smallest absolute Gasteiger partial charge is 0.309 e. The Labute approximate surface area is 130 Å². The van der Waals surface area contributed by atoms with Crippen LogP contribution in [0.3, 0.4) is 0 Å². The third kappa shape index (κ3) is 3.46. The van der Waals surface area contributed by atoms with E-state index in [1.165, 1.54) is 6.92 Å². The van der Waals surface area contributed by atoms with Crippen LogP contribution in [-0.2, 0) is 23.9 Å². The van der Waals surface area contributed by atoms with Crippen molar-refractivity contribution in [2.24, 2.45) is 11.8 Å². The lowest BCUT2D eigenvalue weighted by atomic mass is 9.82.